The zero-order valence-corrected chi connectivity index (χ0v) is 9.58. The maximum Gasteiger partial charge on any atom is 0.245 e. The summed E-state index contributed by atoms with van der Waals surface area (Å²) in [5.74, 6) is 0.681. The molecule has 18 heavy (non-hydrogen) atoms. The molecule has 0 spiro atoms. The van der Waals surface area contributed by atoms with E-state index in [0.29, 0.717) is 17.1 Å². The number of benzene rings is 1. The van der Waals surface area contributed by atoms with E-state index in [1.165, 1.54) is 5.56 Å². The Bertz CT molecular complexity index is 690. The first-order chi connectivity index (χ1) is 8.72. The van der Waals surface area contributed by atoms with Crippen LogP contribution in [0.15, 0.2) is 28.9 Å². The van der Waals surface area contributed by atoms with Crippen LogP contribution in [-0.2, 0) is 0 Å². The van der Waals surface area contributed by atoms with Crippen molar-refractivity contribution in [3.63, 3.8) is 0 Å². The van der Waals surface area contributed by atoms with E-state index >= 15 is 0 Å². The number of nitrogen functional groups attached to an aromatic ring is 1. The van der Waals surface area contributed by atoms with Crippen molar-refractivity contribution < 1.29 is 4.63 Å². The molecule has 0 aliphatic rings. The standard InChI is InChI=1S/C11H10N6O/c1-6-2-4-7(5-3-6)13-9-8(12)14-10-11(15-9)17-18-16-10/h2-5H,1H3,(H2,12,14,16)(H,13,15,17). The second-order valence-electron chi connectivity index (χ2n) is 3.86. The van der Waals surface area contributed by atoms with E-state index in [4.69, 9.17) is 5.73 Å². The fraction of sp³-hybridized carbons (Fsp3) is 0.0909. The van der Waals surface area contributed by atoms with Crippen molar-refractivity contribution in [1.82, 2.24) is 20.3 Å². The first-order valence-electron chi connectivity index (χ1n) is 5.32. The molecule has 0 radical (unpaired) electrons. The Morgan fingerprint density at radius 3 is 2.44 bits per heavy atom. The zero-order valence-electron chi connectivity index (χ0n) is 9.58. The summed E-state index contributed by atoms with van der Waals surface area (Å²) in [5.41, 5.74) is 8.44. The lowest BCUT2D eigenvalue weighted by molar-refractivity contribution is 0.314. The van der Waals surface area contributed by atoms with Gasteiger partial charge in [-0.25, -0.2) is 14.6 Å². The van der Waals surface area contributed by atoms with Crippen LogP contribution in [0.1, 0.15) is 5.56 Å². The smallest absolute Gasteiger partial charge is 0.245 e. The highest BCUT2D eigenvalue weighted by Crippen LogP contribution is 2.21. The summed E-state index contributed by atoms with van der Waals surface area (Å²) >= 11 is 0. The molecule has 3 aromatic rings. The van der Waals surface area contributed by atoms with Crippen LogP contribution in [0.2, 0.25) is 0 Å². The van der Waals surface area contributed by atoms with Crippen molar-refractivity contribution in [1.29, 1.82) is 0 Å². The molecular weight excluding hydrogens is 232 g/mol. The van der Waals surface area contributed by atoms with Crippen molar-refractivity contribution in [3.8, 4) is 0 Å². The number of fused-ring (bicyclic) bond motifs is 1. The highest BCUT2D eigenvalue weighted by Gasteiger charge is 2.10. The average molecular weight is 242 g/mol. The van der Waals surface area contributed by atoms with Gasteiger partial charge in [0.25, 0.3) is 0 Å². The van der Waals surface area contributed by atoms with Gasteiger partial charge in [-0.1, -0.05) is 17.7 Å². The van der Waals surface area contributed by atoms with Crippen LogP contribution in [0.5, 0.6) is 0 Å². The van der Waals surface area contributed by atoms with Gasteiger partial charge in [-0.3, -0.25) is 0 Å². The van der Waals surface area contributed by atoms with Gasteiger partial charge in [-0.2, -0.15) is 0 Å². The lowest BCUT2D eigenvalue weighted by atomic mass is 10.2. The Morgan fingerprint density at radius 2 is 1.72 bits per heavy atom. The SMILES string of the molecule is Cc1ccc(Nc2nc3nonc3nc2N)cc1. The normalized spacial score (nSPS) is 10.7. The lowest BCUT2D eigenvalue weighted by Crippen LogP contribution is -2.02. The Balaban J connectivity index is 1.98. The minimum atomic E-state index is 0.249. The summed E-state index contributed by atoms with van der Waals surface area (Å²) in [6, 6.07) is 7.84. The topological polar surface area (TPSA) is 103 Å². The second kappa shape index (κ2) is 3.95. The predicted molar refractivity (Wildman–Crippen MR) is 66.3 cm³/mol. The van der Waals surface area contributed by atoms with Crippen molar-refractivity contribution in [2.45, 2.75) is 6.92 Å². The summed E-state index contributed by atoms with van der Waals surface area (Å²) in [6.45, 7) is 2.02. The molecule has 0 saturated carbocycles. The van der Waals surface area contributed by atoms with E-state index in [1.807, 2.05) is 31.2 Å². The summed E-state index contributed by atoms with van der Waals surface area (Å²) in [4.78, 5) is 8.22. The Morgan fingerprint density at radius 1 is 1.06 bits per heavy atom. The van der Waals surface area contributed by atoms with Crippen LogP contribution in [0.3, 0.4) is 0 Å². The van der Waals surface area contributed by atoms with Gasteiger partial charge >= 0.3 is 0 Å². The van der Waals surface area contributed by atoms with E-state index in [9.17, 15) is 0 Å². The molecule has 0 saturated heterocycles. The van der Waals surface area contributed by atoms with Crippen LogP contribution in [0, 0.1) is 6.92 Å². The van der Waals surface area contributed by atoms with Crippen molar-refractivity contribution in [2.24, 2.45) is 0 Å². The van der Waals surface area contributed by atoms with Gasteiger partial charge in [0.05, 0.1) is 0 Å². The molecule has 0 unspecified atom stereocenters. The molecule has 7 nitrogen and oxygen atoms in total. The number of nitrogens with two attached hydrogens (primary N) is 1. The molecule has 0 bridgehead atoms. The first-order valence-corrected chi connectivity index (χ1v) is 5.32. The van der Waals surface area contributed by atoms with Crippen LogP contribution in [0.25, 0.3) is 11.3 Å². The number of nitrogens with one attached hydrogen (secondary N) is 1. The fourth-order valence-electron chi connectivity index (χ4n) is 1.52. The molecular formula is C11H10N6O. The molecule has 0 atom stereocenters. The number of rotatable bonds is 2. The average Bonchev–Trinajstić information content (AvgIpc) is 2.79. The highest BCUT2D eigenvalue weighted by atomic mass is 16.6. The quantitative estimate of drug-likeness (QED) is 0.704. The van der Waals surface area contributed by atoms with Crippen molar-refractivity contribution >= 4 is 28.6 Å². The minimum absolute atomic E-state index is 0.249. The van der Waals surface area contributed by atoms with Gasteiger partial charge in [0.2, 0.25) is 11.3 Å². The predicted octanol–water partition coefficient (Wildman–Crippen LogP) is 1.65. The van der Waals surface area contributed by atoms with Gasteiger partial charge < -0.3 is 11.1 Å². The van der Waals surface area contributed by atoms with E-state index in [-0.39, 0.29) is 5.82 Å². The number of aryl methyl sites for hydroxylation is 1. The minimum Gasteiger partial charge on any atom is -0.381 e. The molecule has 2 aromatic heterocycles. The molecule has 0 fully saturated rings. The van der Waals surface area contributed by atoms with Crippen LogP contribution in [0.4, 0.5) is 17.3 Å². The van der Waals surface area contributed by atoms with Gasteiger partial charge in [-0.05, 0) is 29.4 Å². The third-order valence-electron chi connectivity index (χ3n) is 2.46. The summed E-state index contributed by atoms with van der Waals surface area (Å²) in [6.07, 6.45) is 0. The van der Waals surface area contributed by atoms with Gasteiger partial charge in [0, 0.05) is 5.69 Å². The second-order valence-corrected chi connectivity index (χ2v) is 3.86. The van der Waals surface area contributed by atoms with E-state index in [1.54, 1.807) is 0 Å². The fourth-order valence-corrected chi connectivity index (χ4v) is 1.52. The maximum atomic E-state index is 5.78. The van der Waals surface area contributed by atoms with Gasteiger partial charge in [-0.15, -0.1) is 0 Å². The number of anilines is 3. The monoisotopic (exact) mass is 242 g/mol. The summed E-state index contributed by atoms with van der Waals surface area (Å²) in [7, 11) is 0. The van der Waals surface area contributed by atoms with Crippen LogP contribution in [-0.4, -0.2) is 20.3 Å². The maximum absolute atomic E-state index is 5.78. The highest BCUT2D eigenvalue weighted by molar-refractivity contribution is 5.74. The van der Waals surface area contributed by atoms with Crippen molar-refractivity contribution in [3.05, 3.63) is 29.8 Å². The molecule has 2 heterocycles. The summed E-state index contributed by atoms with van der Waals surface area (Å²) < 4.78 is 4.53. The van der Waals surface area contributed by atoms with E-state index in [0.717, 1.165) is 5.69 Å². The number of nitrogens with zero attached hydrogens (tertiary/aromatic N) is 4. The van der Waals surface area contributed by atoms with Crippen molar-refractivity contribution in [2.75, 3.05) is 11.1 Å². The molecule has 0 aliphatic carbocycles. The summed E-state index contributed by atoms with van der Waals surface area (Å²) in [5, 5.41) is 10.3. The molecule has 3 N–H and O–H groups in total. The van der Waals surface area contributed by atoms with Gasteiger partial charge in [0.1, 0.15) is 0 Å². The first kappa shape index (κ1) is 10.5. The Labute approximate surface area is 102 Å². The lowest BCUT2D eigenvalue weighted by Gasteiger charge is -2.06. The molecule has 90 valence electrons. The number of hydrogen-bond donors (Lipinski definition) is 2. The van der Waals surface area contributed by atoms with Gasteiger partial charge in [0.15, 0.2) is 11.6 Å². The Hall–Kier alpha value is -2.70. The zero-order chi connectivity index (χ0) is 12.5. The molecule has 0 amide bonds. The van der Waals surface area contributed by atoms with E-state index < -0.39 is 0 Å². The number of hydrogen-bond acceptors (Lipinski definition) is 7. The van der Waals surface area contributed by atoms with Crippen LogP contribution >= 0.6 is 0 Å². The molecule has 1 aromatic carbocycles. The molecule has 7 heteroatoms. The Kier molecular flexibility index (Phi) is 2.30. The third-order valence-corrected chi connectivity index (χ3v) is 2.46. The van der Waals surface area contributed by atoms with E-state index in [2.05, 4.69) is 30.2 Å². The number of aromatic nitrogens is 4. The largest absolute Gasteiger partial charge is 0.381 e. The van der Waals surface area contributed by atoms with Crippen LogP contribution < -0.4 is 11.1 Å². The third kappa shape index (κ3) is 1.81. The molecule has 3 rings (SSSR count). The molecule has 0 aliphatic heterocycles.